The van der Waals surface area contributed by atoms with Crippen molar-refractivity contribution in [1.82, 2.24) is 4.98 Å². The Hall–Kier alpha value is -0.570. The molecule has 0 saturated carbocycles. The molecule has 0 aliphatic carbocycles. The Bertz CT molecular complexity index is 312. The molecule has 0 aliphatic rings. The molecule has 15 heavy (non-hydrogen) atoms. The SMILES string of the molecule is CCCC(Br)CCc1cc(C)cnc1N. The fourth-order valence-corrected chi connectivity index (χ4v) is 2.30. The van der Waals surface area contributed by atoms with E-state index < -0.39 is 0 Å². The minimum Gasteiger partial charge on any atom is -0.383 e. The minimum atomic E-state index is 0.599. The van der Waals surface area contributed by atoms with Gasteiger partial charge in [-0.05, 0) is 37.3 Å². The van der Waals surface area contributed by atoms with Gasteiger partial charge >= 0.3 is 0 Å². The van der Waals surface area contributed by atoms with E-state index in [1.54, 1.807) is 0 Å². The van der Waals surface area contributed by atoms with E-state index >= 15 is 0 Å². The summed E-state index contributed by atoms with van der Waals surface area (Å²) in [5.74, 6) is 0.678. The second-order valence-corrected chi connectivity index (χ2v) is 5.28. The summed E-state index contributed by atoms with van der Waals surface area (Å²) in [4.78, 5) is 4.76. The number of anilines is 1. The molecule has 0 radical (unpaired) electrons. The number of nitrogens with two attached hydrogens (primary N) is 1. The van der Waals surface area contributed by atoms with Crippen LogP contribution in [0.25, 0.3) is 0 Å². The summed E-state index contributed by atoms with van der Waals surface area (Å²) < 4.78 is 0. The molecule has 1 unspecified atom stereocenters. The smallest absolute Gasteiger partial charge is 0.126 e. The molecule has 2 nitrogen and oxygen atoms in total. The third-order valence-corrected chi connectivity index (χ3v) is 3.38. The Morgan fingerprint density at radius 2 is 2.20 bits per heavy atom. The van der Waals surface area contributed by atoms with E-state index in [2.05, 4.69) is 33.9 Å². The van der Waals surface area contributed by atoms with E-state index in [1.165, 1.54) is 24.0 Å². The third-order valence-electron chi connectivity index (χ3n) is 2.47. The van der Waals surface area contributed by atoms with Gasteiger partial charge in [0.25, 0.3) is 0 Å². The van der Waals surface area contributed by atoms with Crippen molar-refractivity contribution in [2.45, 2.75) is 44.4 Å². The topological polar surface area (TPSA) is 38.9 Å². The first-order chi connectivity index (χ1) is 7.13. The molecule has 2 N–H and O–H groups in total. The molecule has 1 atom stereocenters. The molecule has 1 heterocycles. The van der Waals surface area contributed by atoms with Gasteiger partial charge in [0.15, 0.2) is 0 Å². The van der Waals surface area contributed by atoms with Crippen LogP contribution >= 0.6 is 15.9 Å². The van der Waals surface area contributed by atoms with Gasteiger partial charge in [-0.2, -0.15) is 0 Å². The second-order valence-electron chi connectivity index (χ2n) is 3.98. The maximum Gasteiger partial charge on any atom is 0.126 e. The average molecular weight is 271 g/mol. The van der Waals surface area contributed by atoms with Crippen LogP contribution in [0.15, 0.2) is 12.3 Å². The molecule has 3 heteroatoms. The fourth-order valence-electron chi connectivity index (χ4n) is 1.61. The van der Waals surface area contributed by atoms with Crippen LogP contribution in [0.4, 0.5) is 5.82 Å². The van der Waals surface area contributed by atoms with Crippen LogP contribution in [0.3, 0.4) is 0 Å². The van der Waals surface area contributed by atoms with Crippen molar-refractivity contribution in [1.29, 1.82) is 0 Å². The number of aryl methyl sites for hydroxylation is 2. The lowest BCUT2D eigenvalue weighted by molar-refractivity contribution is 0.693. The first-order valence-corrected chi connectivity index (χ1v) is 6.40. The lowest BCUT2D eigenvalue weighted by Gasteiger charge is -2.09. The number of nitrogens with zero attached hydrogens (tertiary/aromatic N) is 1. The van der Waals surface area contributed by atoms with Gasteiger partial charge in [0.2, 0.25) is 0 Å². The normalized spacial score (nSPS) is 12.7. The van der Waals surface area contributed by atoms with Gasteiger partial charge < -0.3 is 5.73 Å². The minimum absolute atomic E-state index is 0.599. The Balaban J connectivity index is 2.53. The molecule has 0 bridgehead atoms. The number of halogens is 1. The number of aromatic nitrogens is 1. The number of pyridine rings is 1. The van der Waals surface area contributed by atoms with E-state index in [9.17, 15) is 0 Å². The molecule has 0 amide bonds. The largest absolute Gasteiger partial charge is 0.383 e. The molecular formula is C12H19BrN2. The van der Waals surface area contributed by atoms with E-state index in [1.807, 2.05) is 13.1 Å². The van der Waals surface area contributed by atoms with Crippen molar-refractivity contribution < 1.29 is 0 Å². The van der Waals surface area contributed by atoms with Crippen molar-refractivity contribution in [3.05, 3.63) is 23.4 Å². The van der Waals surface area contributed by atoms with E-state index in [0.29, 0.717) is 10.6 Å². The zero-order valence-corrected chi connectivity index (χ0v) is 11.0. The Labute approximate surface area is 100 Å². The summed E-state index contributed by atoms with van der Waals surface area (Å²) in [5, 5.41) is 0. The summed E-state index contributed by atoms with van der Waals surface area (Å²) in [6.07, 6.45) is 6.40. The summed E-state index contributed by atoms with van der Waals surface area (Å²) in [5.41, 5.74) is 8.18. The van der Waals surface area contributed by atoms with Crippen molar-refractivity contribution in [3.63, 3.8) is 0 Å². The number of hydrogen-bond acceptors (Lipinski definition) is 2. The van der Waals surface area contributed by atoms with Crippen LogP contribution in [0.1, 0.15) is 37.3 Å². The Morgan fingerprint density at radius 1 is 1.47 bits per heavy atom. The summed E-state index contributed by atoms with van der Waals surface area (Å²) in [6, 6.07) is 2.13. The number of rotatable bonds is 5. The Morgan fingerprint density at radius 3 is 2.87 bits per heavy atom. The Kier molecular flexibility index (Phi) is 5.09. The third kappa shape index (κ3) is 4.20. The van der Waals surface area contributed by atoms with Crippen LogP contribution < -0.4 is 5.73 Å². The van der Waals surface area contributed by atoms with Crippen LogP contribution in [-0.4, -0.2) is 9.81 Å². The van der Waals surface area contributed by atoms with Crippen molar-refractivity contribution in [3.8, 4) is 0 Å². The predicted octanol–water partition coefficient (Wildman–Crippen LogP) is 3.47. The number of alkyl halides is 1. The maximum absolute atomic E-state index is 5.82. The van der Waals surface area contributed by atoms with Crippen LogP contribution in [0.5, 0.6) is 0 Å². The quantitative estimate of drug-likeness (QED) is 0.833. The molecule has 84 valence electrons. The van der Waals surface area contributed by atoms with Crippen LogP contribution in [0.2, 0.25) is 0 Å². The van der Waals surface area contributed by atoms with Gasteiger partial charge in [0, 0.05) is 11.0 Å². The predicted molar refractivity (Wildman–Crippen MR) is 69.3 cm³/mol. The first kappa shape index (κ1) is 12.5. The van der Waals surface area contributed by atoms with Gasteiger partial charge in [-0.3, -0.25) is 0 Å². The number of nitrogen functional groups attached to an aromatic ring is 1. The van der Waals surface area contributed by atoms with Crippen molar-refractivity contribution >= 4 is 21.7 Å². The van der Waals surface area contributed by atoms with Crippen LogP contribution in [0, 0.1) is 6.92 Å². The highest BCUT2D eigenvalue weighted by Gasteiger charge is 2.06. The standard InChI is InChI=1S/C12H19BrN2/c1-3-4-11(13)6-5-10-7-9(2)8-15-12(10)14/h7-8,11H,3-6H2,1-2H3,(H2,14,15). The van der Waals surface area contributed by atoms with Crippen molar-refractivity contribution in [2.24, 2.45) is 0 Å². The zero-order chi connectivity index (χ0) is 11.3. The summed E-state index contributed by atoms with van der Waals surface area (Å²) >= 11 is 3.68. The van der Waals surface area contributed by atoms with E-state index in [4.69, 9.17) is 5.73 Å². The van der Waals surface area contributed by atoms with Crippen molar-refractivity contribution in [2.75, 3.05) is 5.73 Å². The first-order valence-electron chi connectivity index (χ1n) is 5.48. The molecule has 0 aromatic carbocycles. The molecule has 0 aliphatic heterocycles. The molecule has 0 fully saturated rings. The van der Waals surface area contributed by atoms with Gasteiger partial charge in [0.05, 0.1) is 0 Å². The highest BCUT2D eigenvalue weighted by Crippen LogP contribution is 2.18. The van der Waals surface area contributed by atoms with Gasteiger partial charge in [-0.15, -0.1) is 0 Å². The fraction of sp³-hybridized carbons (Fsp3) is 0.583. The highest BCUT2D eigenvalue weighted by atomic mass is 79.9. The monoisotopic (exact) mass is 270 g/mol. The lowest BCUT2D eigenvalue weighted by Crippen LogP contribution is -2.03. The number of hydrogen-bond donors (Lipinski definition) is 1. The average Bonchev–Trinajstić information content (AvgIpc) is 2.20. The maximum atomic E-state index is 5.82. The zero-order valence-electron chi connectivity index (χ0n) is 9.46. The molecule has 1 aromatic heterocycles. The van der Waals surface area contributed by atoms with Crippen LogP contribution in [-0.2, 0) is 6.42 Å². The molecule has 1 aromatic rings. The van der Waals surface area contributed by atoms with Gasteiger partial charge in [0.1, 0.15) is 5.82 Å². The van der Waals surface area contributed by atoms with Gasteiger partial charge in [-0.1, -0.05) is 35.3 Å². The molecule has 0 saturated heterocycles. The molecular weight excluding hydrogens is 252 g/mol. The summed E-state index contributed by atoms with van der Waals surface area (Å²) in [7, 11) is 0. The highest BCUT2D eigenvalue weighted by molar-refractivity contribution is 9.09. The second kappa shape index (κ2) is 6.11. The lowest BCUT2D eigenvalue weighted by atomic mass is 10.1. The van der Waals surface area contributed by atoms with E-state index in [-0.39, 0.29) is 0 Å². The summed E-state index contributed by atoms with van der Waals surface area (Å²) in [6.45, 7) is 4.25. The molecule has 1 rings (SSSR count). The van der Waals surface area contributed by atoms with Gasteiger partial charge in [-0.25, -0.2) is 4.98 Å². The molecule has 0 spiro atoms. The van der Waals surface area contributed by atoms with E-state index in [0.717, 1.165) is 12.8 Å².